The van der Waals surface area contributed by atoms with Gasteiger partial charge in [-0.25, -0.2) is 8.42 Å². The summed E-state index contributed by atoms with van der Waals surface area (Å²) in [6, 6.07) is 12.4. The maximum Gasteiger partial charge on any atom is 0.258 e. The number of hydrogen-bond acceptors (Lipinski definition) is 4. The molecule has 1 fully saturated rings. The molecule has 0 spiro atoms. The summed E-state index contributed by atoms with van der Waals surface area (Å²) in [6.07, 6.45) is 0.169. The van der Waals surface area contributed by atoms with Gasteiger partial charge in [-0.1, -0.05) is 30.8 Å². The van der Waals surface area contributed by atoms with E-state index in [1.165, 1.54) is 4.31 Å². The molecule has 0 aliphatic carbocycles. The summed E-state index contributed by atoms with van der Waals surface area (Å²) in [5.41, 5.74) is 4.00. The van der Waals surface area contributed by atoms with Crippen LogP contribution < -0.4 is 0 Å². The van der Waals surface area contributed by atoms with Crippen molar-refractivity contribution in [2.45, 2.75) is 25.2 Å². The highest BCUT2D eigenvalue weighted by Crippen LogP contribution is 2.31. The van der Waals surface area contributed by atoms with E-state index in [1.54, 1.807) is 28.0 Å². The lowest BCUT2D eigenvalue weighted by Crippen LogP contribution is -2.50. The number of sulfonamides is 1. The van der Waals surface area contributed by atoms with Gasteiger partial charge >= 0.3 is 0 Å². The average molecular weight is 454 g/mol. The number of fused-ring (bicyclic) bond motifs is 1. The van der Waals surface area contributed by atoms with Crippen molar-refractivity contribution in [1.29, 1.82) is 0 Å². The Morgan fingerprint density at radius 3 is 2.25 bits per heavy atom. The minimum atomic E-state index is -3.59. The number of piperazine rings is 1. The van der Waals surface area contributed by atoms with Crippen LogP contribution in [0.2, 0.25) is 0 Å². The van der Waals surface area contributed by atoms with Gasteiger partial charge in [-0.2, -0.15) is 4.31 Å². The average Bonchev–Trinajstić information content (AvgIpc) is 3.04. The van der Waals surface area contributed by atoms with Crippen molar-refractivity contribution >= 4 is 27.5 Å². The second-order valence-electron chi connectivity index (χ2n) is 8.23. The topological polar surface area (TPSA) is 78.0 Å². The Kier molecular flexibility index (Phi) is 5.92. The highest BCUT2D eigenvalue weighted by Gasteiger charge is 2.33. The molecule has 0 N–H and O–H groups in total. The Labute approximate surface area is 189 Å². The largest absolute Gasteiger partial charge is 0.340 e. The van der Waals surface area contributed by atoms with Gasteiger partial charge in [0.1, 0.15) is 0 Å². The van der Waals surface area contributed by atoms with Crippen LogP contribution in [0.5, 0.6) is 0 Å². The zero-order valence-corrected chi connectivity index (χ0v) is 19.2. The van der Waals surface area contributed by atoms with E-state index in [1.807, 2.05) is 38.1 Å². The van der Waals surface area contributed by atoms with Gasteiger partial charge < -0.3 is 9.80 Å². The lowest BCUT2D eigenvalue weighted by atomic mass is 10.1. The SMILES string of the molecule is C=C1c2ccccc2C(=O)N1CCC(=O)N1CCN(S(=O)(=O)c2ccc(C)c(C)c2)CC1. The van der Waals surface area contributed by atoms with Crippen molar-refractivity contribution in [2.75, 3.05) is 32.7 Å². The molecule has 8 heteroatoms. The monoisotopic (exact) mass is 453 g/mol. The predicted molar refractivity (Wildman–Crippen MR) is 122 cm³/mol. The first-order chi connectivity index (χ1) is 15.2. The summed E-state index contributed by atoms with van der Waals surface area (Å²) in [4.78, 5) is 28.8. The van der Waals surface area contributed by atoms with Gasteiger partial charge in [-0.15, -0.1) is 0 Å². The van der Waals surface area contributed by atoms with E-state index < -0.39 is 10.0 Å². The van der Waals surface area contributed by atoms with Gasteiger partial charge in [0.25, 0.3) is 5.91 Å². The molecule has 2 aliphatic heterocycles. The maximum atomic E-state index is 13.0. The molecule has 2 aromatic carbocycles. The Morgan fingerprint density at radius 2 is 1.62 bits per heavy atom. The molecular weight excluding hydrogens is 426 g/mol. The third-order valence-electron chi connectivity index (χ3n) is 6.30. The van der Waals surface area contributed by atoms with Crippen molar-refractivity contribution < 1.29 is 18.0 Å². The van der Waals surface area contributed by atoms with Crippen molar-refractivity contribution in [1.82, 2.24) is 14.1 Å². The summed E-state index contributed by atoms with van der Waals surface area (Å²) < 4.78 is 27.4. The molecule has 0 aromatic heterocycles. The summed E-state index contributed by atoms with van der Waals surface area (Å²) in [7, 11) is -3.59. The van der Waals surface area contributed by atoms with Crippen molar-refractivity contribution in [3.63, 3.8) is 0 Å². The first-order valence-electron chi connectivity index (χ1n) is 10.7. The van der Waals surface area contributed by atoms with Crippen LogP contribution in [0, 0.1) is 13.8 Å². The molecule has 2 aromatic rings. The minimum Gasteiger partial charge on any atom is -0.340 e. The highest BCUT2D eigenvalue weighted by molar-refractivity contribution is 7.89. The quantitative estimate of drug-likeness (QED) is 0.697. The fraction of sp³-hybridized carbons (Fsp3) is 0.333. The third kappa shape index (κ3) is 3.96. The number of amides is 2. The fourth-order valence-electron chi connectivity index (χ4n) is 4.14. The predicted octanol–water partition coefficient (Wildman–Crippen LogP) is 2.65. The van der Waals surface area contributed by atoms with Crippen LogP contribution in [0.25, 0.3) is 5.70 Å². The van der Waals surface area contributed by atoms with Gasteiger partial charge in [0.2, 0.25) is 15.9 Å². The molecule has 2 amide bonds. The Bertz CT molecular complexity index is 1160. The van der Waals surface area contributed by atoms with E-state index in [-0.39, 0.29) is 42.8 Å². The number of hydrogen-bond donors (Lipinski definition) is 0. The van der Waals surface area contributed by atoms with E-state index in [4.69, 9.17) is 0 Å². The summed E-state index contributed by atoms with van der Waals surface area (Å²) >= 11 is 0. The van der Waals surface area contributed by atoms with Crippen LogP contribution in [0.4, 0.5) is 0 Å². The Balaban J connectivity index is 1.34. The molecule has 2 heterocycles. The lowest BCUT2D eigenvalue weighted by molar-refractivity contribution is -0.132. The molecule has 0 radical (unpaired) electrons. The van der Waals surface area contributed by atoms with E-state index in [0.717, 1.165) is 16.7 Å². The summed E-state index contributed by atoms with van der Waals surface area (Å²) in [6.45, 7) is 9.26. The van der Waals surface area contributed by atoms with Crippen molar-refractivity contribution in [3.8, 4) is 0 Å². The maximum absolute atomic E-state index is 13.0. The van der Waals surface area contributed by atoms with Crippen LogP contribution in [0.1, 0.15) is 33.5 Å². The normalized spacial score (nSPS) is 17.1. The number of benzene rings is 2. The zero-order chi connectivity index (χ0) is 23.0. The van der Waals surface area contributed by atoms with Crippen LogP contribution in [-0.2, 0) is 14.8 Å². The molecule has 7 nitrogen and oxygen atoms in total. The van der Waals surface area contributed by atoms with Gasteiger partial charge in [-0.3, -0.25) is 9.59 Å². The molecular formula is C24H27N3O4S. The Morgan fingerprint density at radius 1 is 0.969 bits per heavy atom. The molecule has 1 saturated heterocycles. The second-order valence-corrected chi connectivity index (χ2v) is 10.2. The fourth-order valence-corrected chi connectivity index (χ4v) is 5.65. The number of nitrogens with zero attached hydrogens (tertiary/aromatic N) is 3. The first kappa shape index (κ1) is 22.2. The minimum absolute atomic E-state index is 0.0928. The molecule has 0 bridgehead atoms. The zero-order valence-electron chi connectivity index (χ0n) is 18.4. The van der Waals surface area contributed by atoms with E-state index in [2.05, 4.69) is 6.58 Å². The molecule has 168 valence electrons. The van der Waals surface area contributed by atoms with Gasteiger partial charge in [-0.05, 0) is 43.2 Å². The first-order valence-corrected chi connectivity index (χ1v) is 12.1. The van der Waals surface area contributed by atoms with Crippen LogP contribution in [0.3, 0.4) is 0 Å². The van der Waals surface area contributed by atoms with E-state index >= 15 is 0 Å². The standard InChI is InChI=1S/C24H27N3O4S/c1-17-8-9-20(16-18(17)2)32(30,31)26-14-12-25(13-15-26)23(28)10-11-27-19(3)21-6-4-5-7-22(21)24(27)29/h4-9,16H,3,10-15H2,1-2H3. The van der Waals surface area contributed by atoms with Crippen molar-refractivity contribution in [2.24, 2.45) is 0 Å². The van der Waals surface area contributed by atoms with Crippen LogP contribution in [-0.4, -0.2) is 67.1 Å². The lowest BCUT2D eigenvalue weighted by Gasteiger charge is -2.34. The highest BCUT2D eigenvalue weighted by atomic mass is 32.2. The number of rotatable bonds is 5. The smallest absolute Gasteiger partial charge is 0.258 e. The van der Waals surface area contributed by atoms with Gasteiger partial charge in [0, 0.05) is 56.0 Å². The molecule has 2 aliphatic rings. The van der Waals surface area contributed by atoms with E-state index in [9.17, 15) is 18.0 Å². The summed E-state index contributed by atoms with van der Waals surface area (Å²) in [5.74, 6) is -0.229. The van der Waals surface area contributed by atoms with E-state index in [0.29, 0.717) is 24.4 Å². The van der Waals surface area contributed by atoms with Gasteiger partial charge in [0.15, 0.2) is 0 Å². The third-order valence-corrected chi connectivity index (χ3v) is 8.19. The number of aryl methyl sites for hydroxylation is 2. The summed E-state index contributed by atoms with van der Waals surface area (Å²) in [5, 5.41) is 0. The van der Waals surface area contributed by atoms with Crippen molar-refractivity contribution in [3.05, 3.63) is 71.3 Å². The number of carbonyl (C=O) groups excluding carboxylic acids is 2. The van der Waals surface area contributed by atoms with Crippen LogP contribution >= 0.6 is 0 Å². The molecule has 0 atom stereocenters. The number of carbonyl (C=O) groups is 2. The second kappa shape index (κ2) is 8.52. The molecule has 4 rings (SSSR count). The van der Waals surface area contributed by atoms with Gasteiger partial charge in [0.05, 0.1) is 4.90 Å². The van der Waals surface area contributed by atoms with Crippen LogP contribution in [0.15, 0.2) is 53.9 Å². The Hall–Kier alpha value is -2.97. The molecule has 0 unspecified atom stereocenters. The molecule has 32 heavy (non-hydrogen) atoms. The molecule has 0 saturated carbocycles.